The van der Waals surface area contributed by atoms with Gasteiger partial charge < -0.3 is 13.7 Å². The summed E-state index contributed by atoms with van der Waals surface area (Å²) in [6, 6.07) is 90.3. The Morgan fingerprint density at radius 1 is 0.300 bits per heavy atom. The van der Waals surface area contributed by atoms with Crippen molar-refractivity contribution >= 4 is 60.9 Å². The van der Waals surface area contributed by atoms with E-state index in [1.807, 2.05) is 6.07 Å². The number of hydrogen-bond acceptors (Lipinski definition) is 3. The van der Waals surface area contributed by atoms with Gasteiger partial charge in [0.25, 0.3) is 0 Å². The van der Waals surface area contributed by atoms with Gasteiger partial charge in [0, 0.05) is 33.0 Å². The third kappa shape index (κ3) is 5.34. The number of nitrogens with zero attached hydrogens (tertiary/aromatic N) is 1. The Morgan fingerprint density at radius 3 is 1.50 bits per heavy atom. The molecule has 2 aromatic heterocycles. The van der Waals surface area contributed by atoms with Gasteiger partial charge in [0.05, 0.1) is 22.2 Å². The average molecular weight is 892 g/mol. The second-order valence-corrected chi connectivity index (χ2v) is 18.6. The molecule has 0 fully saturated rings. The number of furan rings is 2. The van der Waals surface area contributed by atoms with E-state index in [1.54, 1.807) is 0 Å². The van der Waals surface area contributed by atoms with Crippen molar-refractivity contribution in [3.05, 3.63) is 271 Å². The van der Waals surface area contributed by atoms with Crippen molar-refractivity contribution in [3.8, 4) is 55.6 Å². The van der Waals surface area contributed by atoms with E-state index >= 15 is 0 Å². The zero-order valence-corrected chi connectivity index (χ0v) is 37.9. The van der Waals surface area contributed by atoms with Crippen LogP contribution in [0.4, 0.5) is 17.1 Å². The van der Waals surface area contributed by atoms with Crippen LogP contribution in [0.25, 0.3) is 99.5 Å². The zero-order valence-electron chi connectivity index (χ0n) is 37.9. The zero-order chi connectivity index (χ0) is 45.9. The van der Waals surface area contributed by atoms with Gasteiger partial charge in [0.2, 0.25) is 0 Å². The van der Waals surface area contributed by atoms with Crippen molar-refractivity contribution in [3.63, 3.8) is 0 Å². The Morgan fingerprint density at radius 2 is 0.814 bits per heavy atom. The minimum Gasteiger partial charge on any atom is -0.456 e. The van der Waals surface area contributed by atoms with E-state index in [9.17, 15) is 0 Å². The van der Waals surface area contributed by atoms with E-state index in [0.29, 0.717) is 0 Å². The lowest BCUT2D eigenvalue weighted by Gasteiger charge is -2.33. The maximum absolute atomic E-state index is 7.33. The molecule has 2 heterocycles. The molecule has 3 nitrogen and oxygen atoms in total. The SMILES string of the molecule is c1ccc(-c2ccccc2-c2c3oc4cccc(N(c5ccc6c(c5)C5(c7ccccc7-c7ccccc75)c5ccccc5-6)c5ccccc5-c5ccccc5)c4c3cc3oc4ccccc4c23)cc1. The molecule has 0 atom stereocenters. The molecular formula is C67H41NO2. The van der Waals surface area contributed by atoms with Gasteiger partial charge in [-0.15, -0.1) is 0 Å². The Balaban J connectivity index is 1.05. The van der Waals surface area contributed by atoms with E-state index in [4.69, 9.17) is 8.83 Å². The summed E-state index contributed by atoms with van der Waals surface area (Å²) in [5, 5.41) is 4.09. The molecule has 0 unspecified atom stereocenters. The van der Waals surface area contributed by atoms with Gasteiger partial charge in [0.1, 0.15) is 22.3 Å². The van der Waals surface area contributed by atoms with Gasteiger partial charge in [-0.05, 0) is 109 Å². The number of anilines is 3. The molecule has 1 spiro atoms. The maximum Gasteiger partial charge on any atom is 0.144 e. The summed E-state index contributed by atoms with van der Waals surface area (Å²) in [6.07, 6.45) is 0. The molecule has 0 saturated carbocycles. The van der Waals surface area contributed by atoms with Gasteiger partial charge >= 0.3 is 0 Å². The Labute approximate surface area is 404 Å². The number of rotatable bonds is 6. The van der Waals surface area contributed by atoms with E-state index in [2.05, 4.69) is 248 Å². The van der Waals surface area contributed by atoms with Crippen LogP contribution in [0.1, 0.15) is 22.3 Å². The maximum atomic E-state index is 7.33. The molecule has 15 rings (SSSR count). The topological polar surface area (TPSA) is 29.5 Å². The first-order valence-electron chi connectivity index (χ1n) is 24.1. The Bertz CT molecular complexity index is 4190. The Hall–Kier alpha value is -9.18. The van der Waals surface area contributed by atoms with Crippen molar-refractivity contribution in [2.45, 2.75) is 5.41 Å². The van der Waals surface area contributed by atoms with E-state index in [-0.39, 0.29) is 0 Å². The summed E-state index contributed by atoms with van der Waals surface area (Å²) in [7, 11) is 0. The highest BCUT2D eigenvalue weighted by Crippen LogP contribution is 2.63. The molecule has 2 aliphatic carbocycles. The summed E-state index contributed by atoms with van der Waals surface area (Å²) in [5.41, 5.74) is 22.9. The number of para-hydroxylation sites is 2. The van der Waals surface area contributed by atoms with Crippen LogP contribution in [-0.2, 0) is 5.41 Å². The van der Waals surface area contributed by atoms with Crippen LogP contribution in [0.2, 0.25) is 0 Å². The number of hydrogen-bond donors (Lipinski definition) is 0. The minimum atomic E-state index is -0.512. The first-order valence-corrected chi connectivity index (χ1v) is 24.1. The lowest BCUT2D eigenvalue weighted by Crippen LogP contribution is -2.26. The van der Waals surface area contributed by atoms with Gasteiger partial charge in [-0.3, -0.25) is 0 Å². The standard InChI is InChI=1S/C67H41NO2/c1-3-20-42(21-4-1)45-24-7-8-29-51(45)65-64-52-30-13-18-36-60(52)69-62(64)41-53-63-59(35-19-37-61(63)70-66(53)65)68(58-34-17-12-25-46(58)43-22-5-2-6-23-43)44-38-39-50-49-28-11-16-33-56(49)67(57(50)40-44)54-31-14-9-26-47(54)48-27-10-15-32-55(48)67/h1-41H. The highest BCUT2D eigenvalue weighted by Gasteiger charge is 2.51. The summed E-state index contributed by atoms with van der Waals surface area (Å²) in [6.45, 7) is 0. The molecule has 70 heavy (non-hydrogen) atoms. The van der Waals surface area contributed by atoms with Gasteiger partial charge in [-0.2, -0.15) is 0 Å². The molecule has 3 heteroatoms. The lowest BCUT2D eigenvalue weighted by molar-refractivity contribution is 0.664. The first kappa shape index (κ1) is 38.9. The minimum absolute atomic E-state index is 0.512. The molecule has 0 amide bonds. The summed E-state index contributed by atoms with van der Waals surface area (Å²) in [5.74, 6) is 0. The summed E-state index contributed by atoms with van der Waals surface area (Å²) >= 11 is 0. The second-order valence-electron chi connectivity index (χ2n) is 18.6. The smallest absolute Gasteiger partial charge is 0.144 e. The van der Waals surface area contributed by atoms with Crippen molar-refractivity contribution in [2.24, 2.45) is 0 Å². The van der Waals surface area contributed by atoms with Gasteiger partial charge in [-0.1, -0.05) is 206 Å². The van der Waals surface area contributed by atoms with Crippen LogP contribution in [0, 0.1) is 0 Å². The predicted octanol–water partition coefficient (Wildman–Crippen LogP) is 18.3. The fourth-order valence-electron chi connectivity index (χ4n) is 12.3. The third-order valence-corrected chi connectivity index (χ3v) is 15.1. The van der Waals surface area contributed by atoms with Crippen molar-refractivity contribution in [2.75, 3.05) is 4.90 Å². The quantitative estimate of drug-likeness (QED) is 0.167. The predicted molar refractivity (Wildman–Crippen MR) is 288 cm³/mol. The normalized spacial score (nSPS) is 13.0. The fraction of sp³-hybridized carbons (Fsp3) is 0.0149. The third-order valence-electron chi connectivity index (χ3n) is 15.1. The van der Waals surface area contributed by atoms with Crippen LogP contribution in [0.5, 0.6) is 0 Å². The molecule has 11 aromatic carbocycles. The summed E-state index contributed by atoms with van der Waals surface area (Å²) < 4.78 is 14.2. The number of fused-ring (bicyclic) bond motifs is 16. The molecule has 326 valence electrons. The van der Waals surface area contributed by atoms with E-state index in [0.717, 1.165) is 94.3 Å². The van der Waals surface area contributed by atoms with Crippen LogP contribution < -0.4 is 4.90 Å². The van der Waals surface area contributed by atoms with E-state index < -0.39 is 5.41 Å². The fourth-order valence-corrected chi connectivity index (χ4v) is 12.3. The highest BCUT2D eigenvalue weighted by atomic mass is 16.3. The lowest BCUT2D eigenvalue weighted by atomic mass is 9.70. The van der Waals surface area contributed by atoms with Gasteiger partial charge in [-0.25, -0.2) is 0 Å². The van der Waals surface area contributed by atoms with Crippen molar-refractivity contribution < 1.29 is 8.83 Å². The second kappa shape index (κ2) is 14.9. The number of benzene rings is 11. The van der Waals surface area contributed by atoms with E-state index in [1.165, 1.54) is 44.5 Å². The monoisotopic (exact) mass is 891 g/mol. The van der Waals surface area contributed by atoms with Crippen molar-refractivity contribution in [1.82, 2.24) is 0 Å². The van der Waals surface area contributed by atoms with Crippen molar-refractivity contribution in [1.29, 1.82) is 0 Å². The molecule has 0 radical (unpaired) electrons. The largest absolute Gasteiger partial charge is 0.456 e. The molecule has 0 N–H and O–H groups in total. The molecule has 0 saturated heterocycles. The van der Waals surface area contributed by atoms with Crippen LogP contribution in [-0.4, -0.2) is 0 Å². The van der Waals surface area contributed by atoms with Gasteiger partial charge in [0.15, 0.2) is 0 Å². The molecule has 0 bridgehead atoms. The molecule has 0 aliphatic heterocycles. The Kier molecular flexibility index (Phi) is 8.28. The highest BCUT2D eigenvalue weighted by molar-refractivity contribution is 6.26. The molecular weight excluding hydrogens is 851 g/mol. The average Bonchev–Trinajstić information content (AvgIpc) is 4.17. The first-order chi connectivity index (χ1) is 34.8. The molecule has 13 aromatic rings. The molecule has 2 aliphatic rings. The van der Waals surface area contributed by atoms with Crippen LogP contribution in [0.3, 0.4) is 0 Å². The van der Waals surface area contributed by atoms with Crippen LogP contribution in [0.15, 0.2) is 258 Å². The summed E-state index contributed by atoms with van der Waals surface area (Å²) in [4.78, 5) is 2.48. The van der Waals surface area contributed by atoms with Crippen LogP contribution >= 0.6 is 0 Å².